The molecule has 3 amide bonds. The van der Waals surface area contributed by atoms with E-state index in [0.717, 1.165) is 83.0 Å². The molecule has 4 fully saturated rings. The van der Waals surface area contributed by atoms with Crippen LogP contribution in [0.2, 0.25) is 5.02 Å². The molecule has 4 aromatic rings. The van der Waals surface area contributed by atoms with Gasteiger partial charge in [0.25, 0.3) is 5.91 Å². The number of likely N-dealkylation sites (tertiary alicyclic amines) is 1. The number of carbonyl (C=O) groups is 4. The number of nitrogens with two attached hydrogens (primary N) is 1. The number of nitrogens with zero attached hydrogens (tertiary/aromatic N) is 4. The maximum absolute atomic E-state index is 15.2. The molecule has 0 aromatic heterocycles. The number of methoxy groups -OCH3 is 2. The zero-order valence-corrected chi connectivity index (χ0v) is 46.2. The topological polar surface area (TPSA) is 159 Å². The van der Waals surface area contributed by atoms with Gasteiger partial charge in [0, 0.05) is 105 Å². The highest BCUT2D eigenvalue weighted by molar-refractivity contribution is 6.34. The number of hydrogen-bond acceptors (Lipinski definition) is 11. The molecule has 4 aromatic carbocycles. The zero-order chi connectivity index (χ0) is 55.3. The number of carbonyl (C=O) groups excluding carboxylic acids is 4. The molecule has 4 N–H and O–H groups in total. The van der Waals surface area contributed by atoms with Gasteiger partial charge in [-0.25, -0.2) is 13.6 Å². The van der Waals surface area contributed by atoms with Crippen molar-refractivity contribution in [1.29, 1.82) is 0 Å². The minimum absolute atomic E-state index is 0.00761. The Labute approximate surface area is 454 Å². The summed E-state index contributed by atoms with van der Waals surface area (Å²) in [7, 11) is 4.98. The molecule has 0 radical (unpaired) electrons. The van der Waals surface area contributed by atoms with Crippen LogP contribution >= 0.6 is 11.6 Å². The highest BCUT2D eigenvalue weighted by Crippen LogP contribution is 2.54. The van der Waals surface area contributed by atoms with Crippen molar-refractivity contribution in [2.24, 2.45) is 17.6 Å². The molecule has 9 rings (SSSR count). The number of likely N-dealkylation sites (N-methyl/N-ethyl adjacent to an activating group) is 1. The van der Waals surface area contributed by atoms with Gasteiger partial charge in [-0.15, -0.1) is 0 Å². The summed E-state index contributed by atoms with van der Waals surface area (Å²) >= 11 is 6.37. The number of hydrogen-bond donors (Lipinski definition) is 3. The molecule has 76 heavy (non-hydrogen) atoms. The Hall–Kier alpha value is -5.91. The average Bonchev–Trinajstić information content (AvgIpc) is 3.78. The van der Waals surface area contributed by atoms with Gasteiger partial charge in [0.2, 0.25) is 0 Å². The third kappa shape index (κ3) is 15.8. The predicted molar refractivity (Wildman–Crippen MR) is 299 cm³/mol. The number of urea groups is 1. The van der Waals surface area contributed by atoms with Crippen molar-refractivity contribution in [3.05, 3.63) is 118 Å². The second kappa shape index (κ2) is 30.7. The quantitative estimate of drug-likeness (QED) is 0.116. The van der Waals surface area contributed by atoms with Crippen LogP contribution in [0.15, 0.2) is 79.0 Å². The first-order chi connectivity index (χ1) is 36.8. The molecule has 4 heterocycles. The van der Waals surface area contributed by atoms with Crippen molar-refractivity contribution in [3.8, 4) is 28.4 Å². The van der Waals surface area contributed by atoms with Gasteiger partial charge in [-0.2, -0.15) is 0 Å². The molecule has 4 aliphatic heterocycles. The molecule has 414 valence electrons. The normalized spacial score (nSPS) is 18.9. The molecule has 2 atom stereocenters. The van der Waals surface area contributed by atoms with Crippen LogP contribution in [0, 0.1) is 30.4 Å². The van der Waals surface area contributed by atoms with E-state index in [4.69, 9.17) is 36.3 Å². The van der Waals surface area contributed by atoms with E-state index >= 15 is 4.39 Å². The molecule has 0 bridgehead atoms. The van der Waals surface area contributed by atoms with E-state index in [1.54, 1.807) is 49.3 Å². The van der Waals surface area contributed by atoms with E-state index in [1.807, 2.05) is 62.9 Å². The molecule has 14 nitrogen and oxygen atoms in total. The first-order valence-corrected chi connectivity index (χ1v) is 27.0. The number of rotatable bonds is 12. The average molecular weight is 1070 g/mol. The van der Waals surface area contributed by atoms with Gasteiger partial charge in [0.1, 0.15) is 36.5 Å². The van der Waals surface area contributed by atoms with Gasteiger partial charge >= 0.3 is 6.03 Å². The van der Waals surface area contributed by atoms with Crippen molar-refractivity contribution in [1.82, 2.24) is 25.3 Å². The molecule has 1 unspecified atom stereocenters. The SMILES string of the molecule is C=C1CCN(c2cc(C(=O)N3CCN(CC4CCN(CCNC)CC4)CC3)ccc2OC)C(=O)N1.C=O.CCN.COc1ccc(C)c(-c2c(Cl)c(F)cc3c2[C@H](C)C(c2ccccc2)O3)c1F.O=CC1CCCCC1. The number of aryl methyl sites for hydroxylation is 1. The number of benzene rings is 4. The Morgan fingerprint density at radius 1 is 0.895 bits per heavy atom. The van der Waals surface area contributed by atoms with Gasteiger partial charge in [0.05, 0.1) is 24.9 Å². The molecule has 0 spiro atoms. The lowest BCUT2D eigenvalue weighted by atomic mass is 9.86. The third-order valence-corrected chi connectivity index (χ3v) is 15.0. The minimum atomic E-state index is -0.641. The zero-order valence-electron chi connectivity index (χ0n) is 45.4. The summed E-state index contributed by atoms with van der Waals surface area (Å²) in [4.78, 5) is 52.6. The number of piperazine rings is 1. The van der Waals surface area contributed by atoms with Gasteiger partial charge in [-0.3, -0.25) is 14.6 Å². The predicted octanol–water partition coefficient (Wildman–Crippen LogP) is 10.2. The van der Waals surface area contributed by atoms with Crippen LogP contribution in [0.25, 0.3) is 11.1 Å². The standard InChI is InChI=1S/C26H40N6O3.C23H19ClF2O2.C7H12O.C2H7N.CH2O/c1-20-6-12-32(26(34)28-20)23-18-22(4-5-24(23)35-3)25(33)31-16-14-30(15-17-31)19-21-7-10-29(11-8-21)13-9-27-2;1-12-9-10-16(27-3)22(26)18(12)20-19-13(2)23(14-7-5-4-6-8-14)28-17(19)11-15(25)21(20)24;8-6-7-4-2-1-3-5-7;1-2-3;1-2/h4-5,18,21,27H,1,6-17,19H2,2-3H3,(H,28,34);4-11,13,23H,1-3H3;6-7H,1-5H2;2-3H2,1H3;1H2/t;13-,23?;;;/m.0.../s1. The van der Waals surface area contributed by atoms with Crippen LogP contribution in [0.5, 0.6) is 17.2 Å². The van der Waals surface area contributed by atoms with E-state index < -0.39 is 11.6 Å². The molecular weight excluding hydrogens is 992 g/mol. The van der Waals surface area contributed by atoms with Gasteiger partial charge < -0.3 is 50.0 Å². The molecule has 1 saturated carbocycles. The number of anilines is 1. The van der Waals surface area contributed by atoms with Crippen LogP contribution in [-0.4, -0.2) is 133 Å². The number of fused-ring (bicyclic) bond motifs is 1. The van der Waals surface area contributed by atoms with Crippen LogP contribution in [0.4, 0.5) is 19.3 Å². The Morgan fingerprint density at radius 3 is 2.13 bits per heavy atom. The highest BCUT2D eigenvalue weighted by Gasteiger charge is 2.38. The lowest BCUT2D eigenvalue weighted by molar-refractivity contribution is -0.111. The fraction of sp³-hybridized carbons (Fsp3) is 0.492. The van der Waals surface area contributed by atoms with Gasteiger partial charge in [-0.1, -0.05) is 87.7 Å². The number of piperidine rings is 1. The van der Waals surface area contributed by atoms with Gasteiger partial charge in [-0.05, 0) is 101 Å². The summed E-state index contributed by atoms with van der Waals surface area (Å²) in [6.07, 6.45) is 10.1. The van der Waals surface area contributed by atoms with Crippen LogP contribution in [0.3, 0.4) is 0 Å². The van der Waals surface area contributed by atoms with Crippen molar-refractivity contribution in [2.75, 3.05) is 98.2 Å². The highest BCUT2D eigenvalue weighted by atomic mass is 35.5. The number of halogens is 3. The monoisotopic (exact) mass is 1070 g/mol. The van der Waals surface area contributed by atoms with Crippen molar-refractivity contribution < 1.29 is 42.2 Å². The van der Waals surface area contributed by atoms with E-state index in [0.29, 0.717) is 64.0 Å². The summed E-state index contributed by atoms with van der Waals surface area (Å²) in [5.41, 5.74) is 9.63. The van der Waals surface area contributed by atoms with Crippen LogP contribution in [0.1, 0.15) is 104 Å². The van der Waals surface area contributed by atoms with Crippen LogP contribution in [-0.2, 0) is 9.59 Å². The number of amides is 3. The van der Waals surface area contributed by atoms with Crippen molar-refractivity contribution in [3.63, 3.8) is 0 Å². The van der Waals surface area contributed by atoms with E-state index in [-0.39, 0.29) is 40.3 Å². The van der Waals surface area contributed by atoms with E-state index in [9.17, 15) is 18.8 Å². The first kappa shape index (κ1) is 60.9. The minimum Gasteiger partial charge on any atom is -0.495 e. The maximum atomic E-state index is 15.2. The molecule has 3 saturated heterocycles. The number of ether oxygens (including phenoxy) is 3. The fourth-order valence-corrected chi connectivity index (χ4v) is 10.7. The smallest absolute Gasteiger partial charge is 0.326 e. The second-order valence-electron chi connectivity index (χ2n) is 19.7. The van der Waals surface area contributed by atoms with Crippen molar-refractivity contribution in [2.45, 2.75) is 84.2 Å². The van der Waals surface area contributed by atoms with Gasteiger partial charge in [0.15, 0.2) is 11.6 Å². The first-order valence-electron chi connectivity index (χ1n) is 26.6. The lowest BCUT2D eigenvalue weighted by Crippen LogP contribution is -2.50. The van der Waals surface area contributed by atoms with E-state index in [1.165, 1.54) is 58.4 Å². The molecular formula is C59H80ClF2N7O7. The summed E-state index contributed by atoms with van der Waals surface area (Å²) < 4.78 is 46.6. The summed E-state index contributed by atoms with van der Waals surface area (Å²) in [6.45, 7) is 21.7. The molecule has 17 heteroatoms. The Balaban J connectivity index is 0.000000231. The lowest BCUT2D eigenvalue weighted by Gasteiger charge is -2.39. The Kier molecular flexibility index (Phi) is 24.6. The van der Waals surface area contributed by atoms with Crippen LogP contribution < -0.4 is 35.5 Å². The second-order valence-corrected chi connectivity index (χ2v) is 20.1. The summed E-state index contributed by atoms with van der Waals surface area (Å²) in [5.74, 6) is 0.865. The van der Waals surface area contributed by atoms with E-state index in [2.05, 4.69) is 27.0 Å². The Morgan fingerprint density at radius 2 is 1.54 bits per heavy atom. The maximum Gasteiger partial charge on any atom is 0.326 e. The van der Waals surface area contributed by atoms with Crippen molar-refractivity contribution >= 4 is 42.3 Å². The molecule has 1 aliphatic carbocycles. The number of aldehydes is 1. The fourth-order valence-electron chi connectivity index (χ4n) is 10.4. The number of nitrogens with one attached hydrogen (secondary N) is 2. The Bertz CT molecular complexity index is 2520. The third-order valence-electron chi connectivity index (χ3n) is 14.6. The summed E-state index contributed by atoms with van der Waals surface area (Å²) in [6, 6.07) is 19.4. The molecule has 5 aliphatic rings. The summed E-state index contributed by atoms with van der Waals surface area (Å²) in [5, 5.41) is 5.89. The largest absolute Gasteiger partial charge is 0.495 e.